The molecule has 0 atom stereocenters. The van der Waals surface area contributed by atoms with Crippen LogP contribution in [0.4, 0.5) is 5.69 Å². The summed E-state index contributed by atoms with van der Waals surface area (Å²) in [5.74, 6) is -0.238. The molecular formula is C8H7NO4. The Morgan fingerprint density at radius 3 is 2.62 bits per heavy atom. The number of rotatable bonds is 2. The van der Waals surface area contributed by atoms with E-state index in [4.69, 9.17) is 5.11 Å². The minimum atomic E-state index is -0.595. The van der Waals surface area contributed by atoms with E-state index in [0.29, 0.717) is 6.29 Å². The number of aromatic hydroxyl groups is 1. The van der Waals surface area contributed by atoms with Crippen LogP contribution in [0.25, 0.3) is 0 Å². The number of nitro groups is 1. The van der Waals surface area contributed by atoms with E-state index in [1.165, 1.54) is 6.92 Å². The summed E-state index contributed by atoms with van der Waals surface area (Å²) in [5, 5.41) is 19.6. The third kappa shape index (κ3) is 1.48. The fourth-order valence-corrected chi connectivity index (χ4v) is 1.05. The molecule has 68 valence electrons. The molecule has 13 heavy (non-hydrogen) atoms. The van der Waals surface area contributed by atoms with Crippen LogP contribution >= 0.6 is 0 Å². The Bertz CT molecular complexity index is 373. The van der Waals surface area contributed by atoms with Gasteiger partial charge in [-0.05, 0) is 13.0 Å². The quantitative estimate of drug-likeness (QED) is 0.425. The van der Waals surface area contributed by atoms with Gasteiger partial charge >= 0.3 is 0 Å². The molecule has 1 aromatic rings. The van der Waals surface area contributed by atoms with Crippen LogP contribution in [-0.2, 0) is 0 Å². The molecule has 0 radical (unpaired) electrons. The van der Waals surface area contributed by atoms with Crippen molar-refractivity contribution in [1.29, 1.82) is 0 Å². The highest BCUT2D eigenvalue weighted by atomic mass is 16.6. The van der Waals surface area contributed by atoms with Gasteiger partial charge < -0.3 is 5.11 Å². The van der Waals surface area contributed by atoms with E-state index in [1.807, 2.05) is 0 Å². The first-order valence-corrected chi connectivity index (χ1v) is 3.50. The molecule has 1 aromatic carbocycles. The van der Waals surface area contributed by atoms with E-state index in [9.17, 15) is 14.9 Å². The summed E-state index contributed by atoms with van der Waals surface area (Å²) in [6.07, 6.45) is 0.400. The largest absolute Gasteiger partial charge is 0.507 e. The van der Waals surface area contributed by atoms with Crippen molar-refractivity contribution in [3.8, 4) is 5.75 Å². The van der Waals surface area contributed by atoms with Crippen molar-refractivity contribution in [2.75, 3.05) is 0 Å². The molecule has 5 nitrogen and oxygen atoms in total. The van der Waals surface area contributed by atoms with E-state index < -0.39 is 4.92 Å². The molecular weight excluding hydrogens is 174 g/mol. The lowest BCUT2D eigenvalue weighted by Gasteiger charge is -2.01. The van der Waals surface area contributed by atoms with E-state index in [-0.39, 0.29) is 22.6 Å². The summed E-state index contributed by atoms with van der Waals surface area (Å²) in [5.41, 5.74) is -0.0194. The Morgan fingerprint density at radius 2 is 2.15 bits per heavy atom. The number of aldehydes is 1. The van der Waals surface area contributed by atoms with E-state index in [1.54, 1.807) is 0 Å². The highest BCUT2D eigenvalue weighted by Crippen LogP contribution is 2.26. The molecule has 0 aliphatic carbocycles. The predicted molar refractivity (Wildman–Crippen MR) is 44.9 cm³/mol. The Kier molecular flexibility index (Phi) is 2.27. The smallest absolute Gasteiger partial charge is 0.273 e. The van der Waals surface area contributed by atoms with Gasteiger partial charge in [-0.3, -0.25) is 14.9 Å². The maximum Gasteiger partial charge on any atom is 0.273 e. The predicted octanol–water partition coefficient (Wildman–Crippen LogP) is 1.42. The zero-order chi connectivity index (χ0) is 10.0. The second-order valence-corrected chi connectivity index (χ2v) is 2.52. The fourth-order valence-electron chi connectivity index (χ4n) is 1.05. The van der Waals surface area contributed by atoms with Gasteiger partial charge in [0.25, 0.3) is 5.69 Å². The highest BCUT2D eigenvalue weighted by Gasteiger charge is 2.15. The van der Waals surface area contributed by atoms with Crippen molar-refractivity contribution in [1.82, 2.24) is 0 Å². The van der Waals surface area contributed by atoms with Gasteiger partial charge in [0.05, 0.1) is 10.5 Å². The van der Waals surface area contributed by atoms with Crippen molar-refractivity contribution in [3.63, 3.8) is 0 Å². The van der Waals surface area contributed by atoms with Crippen LogP contribution in [0.3, 0.4) is 0 Å². The summed E-state index contributed by atoms with van der Waals surface area (Å²) in [7, 11) is 0. The first-order chi connectivity index (χ1) is 6.07. The number of phenols is 1. The summed E-state index contributed by atoms with van der Waals surface area (Å²) >= 11 is 0. The van der Waals surface area contributed by atoms with Gasteiger partial charge in [0.2, 0.25) is 0 Å². The monoisotopic (exact) mass is 181 g/mol. The lowest BCUT2D eigenvalue weighted by molar-refractivity contribution is -0.385. The van der Waals surface area contributed by atoms with Gasteiger partial charge in [-0.2, -0.15) is 0 Å². The zero-order valence-corrected chi connectivity index (χ0v) is 6.85. The molecule has 1 N–H and O–H groups in total. The summed E-state index contributed by atoms with van der Waals surface area (Å²) < 4.78 is 0. The second kappa shape index (κ2) is 3.22. The molecule has 0 unspecified atom stereocenters. The summed E-state index contributed by atoms with van der Waals surface area (Å²) in [6, 6.07) is 2.30. The maximum atomic E-state index is 10.4. The molecule has 0 amide bonds. The molecule has 0 aliphatic rings. The number of hydrogen-bond donors (Lipinski definition) is 1. The molecule has 0 aliphatic heterocycles. The average molecular weight is 181 g/mol. The Hall–Kier alpha value is -1.91. The molecule has 1 rings (SSSR count). The summed E-state index contributed by atoms with van der Waals surface area (Å²) in [6.45, 7) is 1.42. The van der Waals surface area contributed by atoms with Gasteiger partial charge in [-0.25, -0.2) is 0 Å². The van der Waals surface area contributed by atoms with Crippen LogP contribution in [-0.4, -0.2) is 16.3 Å². The lowest BCUT2D eigenvalue weighted by Crippen LogP contribution is -1.95. The fraction of sp³-hybridized carbons (Fsp3) is 0.125. The molecule has 5 heteroatoms. The normalized spacial score (nSPS) is 9.62. The SMILES string of the molecule is Cc1c([N+](=O)[O-])ccc(O)c1C=O. The van der Waals surface area contributed by atoms with Crippen molar-refractivity contribution in [3.05, 3.63) is 33.4 Å². The number of carbonyl (C=O) groups excluding carboxylic acids is 1. The minimum Gasteiger partial charge on any atom is -0.507 e. The van der Waals surface area contributed by atoms with Crippen LogP contribution < -0.4 is 0 Å². The lowest BCUT2D eigenvalue weighted by atomic mass is 10.1. The van der Waals surface area contributed by atoms with Gasteiger partial charge in [0, 0.05) is 11.6 Å². The molecule has 0 saturated heterocycles. The molecule has 0 bridgehead atoms. The maximum absolute atomic E-state index is 10.4. The molecule has 0 aromatic heterocycles. The summed E-state index contributed by atoms with van der Waals surface area (Å²) in [4.78, 5) is 20.3. The average Bonchev–Trinajstić information content (AvgIpc) is 2.04. The van der Waals surface area contributed by atoms with Gasteiger partial charge in [-0.1, -0.05) is 0 Å². The van der Waals surface area contributed by atoms with Crippen LogP contribution in [0, 0.1) is 17.0 Å². The van der Waals surface area contributed by atoms with Crippen LogP contribution in [0.15, 0.2) is 12.1 Å². The molecule has 0 heterocycles. The standard InChI is InChI=1S/C8H7NO4/c1-5-6(4-10)8(11)3-2-7(5)9(12)13/h2-4,11H,1H3. The Balaban J connectivity index is 3.44. The Morgan fingerprint density at radius 1 is 1.54 bits per heavy atom. The van der Waals surface area contributed by atoms with Gasteiger partial charge in [0.15, 0.2) is 6.29 Å². The molecule has 0 fully saturated rings. The number of phenolic OH excluding ortho intramolecular Hbond substituents is 1. The number of hydrogen-bond acceptors (Lipinski definition) is 4. The third-order valence-electron chi connectivity index (χ3n) is 1.78. The third-order valence-corrected chi connectivity index (χ3v) is 1.78. The van der Waals surface area contributed by atoms with Crippen molar-refractivity contribution >= 4 is 12.0 Å². The van der Waals surface area contributed by atoms with Crippen LogP contribution in [0.5, 0.6) is 5.75 Å². The molecule has 0 saturated carbocycles. The van der Waals surface area contributed by atoms with E-state index >= 15 is 0 Å². The van der Waals surface area contributed by atoms with Crippen molar-refractivity contribution in [2.45, 2.75) is 6.92 Å². The number of nitro benzene ring substituents is 1. The number of benzene rings is 1. The zero-order valence-electron chi connectivity index (χ0n) is 6.85. The van der Waals surface area contributed by atoms with Crippen molar-refractivity contribution in [2.24, 2.45) is 0 Å². The van der Waals surface area contributed by atoms with Crippen LogP contribution in [0.1, 0.15) is 15.9 Å². The van der Waals surface area contributed by atoms with Crippen molar-refractivity contribution < 1.29 is 14.8 Å². The van der Waals surface area contributed by atoms with Gasteiger partial charge in [-0.15, -0.1) is 0 Å². The van der Waals surface area contributed by atoms with Crippen LogP contribution in [0.2, 0.25) is 0 Å². The Labute approximate surface area is 73.8 Å². The van der Waals surface area contributed by atoms with Gasteiger partial charge in [0.1, 0.15) is 5.75 Å². The first kappa shape index (κ1) is 9.18. The van der Waals surface area contributed by atoms with E-state index in [0.717, 1.165) is 12.1 Å². The van der Waals surface area contributed by atoms with E-state index in [2.05, 4.69) is 0 Å². The first-order valence-electron chi connectivity index (χ1n) is 3.50. The highest BCUT2D eigenvalue weighted by molar-refractivity contribution is 5.83. The topological polar surface area (TPSA) is 80.4 Å². The number of nitrogens with zero attached hydrogens (tertiary/aromatic N) is 1. The minimum absolute atomic E-state index is 0.0331. The second-order valence-electron chi connectivity index (χ2n) is 2.52. The molecule has 0 spiro atoms. The number of carbonyl (C=O) groups is 1.